The van der Waals surface area contributed by atoms with E-state index in [2.05, 4.69) is 34.1 Å². The van der Waals surface area contributed by atoms with Gasteiger partial charge in [0.15, 0.2) is 0 Å². The van der Waals surface area contributed by atoms with Crippen molar-refractivity contribution in [2.75, 3.05) is 32.8 Å². The lowest BCUT2D eigenvalue weighted by Gasteiger charge is -2.34. The second kappa shape index (κ2) is 18.9. The summed E-state index contributed by atoms with van der Waals surface area (Å²) in [5, 5.41) is 1.06. The molecule has 1 aromatic heterocycles. The van der Waals surface area contributed by atoms with Gasteiger partial charge in [-0.25, -0.2) is 9.37 Å². The summed E-state index contributed by atoms with van der Waals surface area (Å²) in [5.74, 6) is 1.79. The van der Waals surface area contributed by atoms with Gasteiger partial charge < -0.3 is 19.1 Å². The van der Waals surface area contributed by atoms with Gasteiger partial charge in [0, 0.05) is 61.9 Å². The predicted molar refractivity (Wildman–Crippen MR) is 210 cm³/mol. The van der Waals surface area contributed by atoms with Crippen molar-refractivity contribution in [1.29, 1.82) is 0 Å². The smallest absolute Gasteiger partial charge is 0.246 e. The summed E-state index contributed by atoms with van der Waals surface area (Å²) in [6.45, 7) is 6.54. The number of halogens is 4. The quantitative estimate of drug-likeness (QED) is 0.111. The van der Waals surface area contributed by atoms with Crippen molar-refractivity contribution < 1.29 is 23.4 Å². The van der Waals surface area contributed by atoms with E-state index in [-0.39, 0.29) is 28.7 Å². The van der Waals surface area contributed by atoms with Crippen LogP contribution in [0.25, 0.3) is 6.08 Å². The zero-order valence-corrected chi connectivity index (χ0v) is 31.9. The van der Waals surface area contributed by atoms with E-state index < -0.39 is 0 Å². The van der Waals surface area contributed by atoms with Crippen molar-refractivity contribution in [3.63, 3.8) is 0 Å². The van der Waals surface area contributed by atoms with E-state index in [0.717, 1.165) is 42.7 Å². The fraction of sp³-hybridized carbons (Fsp3) is 0.220. The molecule has 4 aromatic carbocycles. The molecular weight excluding hydrogens is 768 g/mol. The third-order valence-electron chi connectivity index (χ3n) is 8.59. The van der Waals surface area contributed by atoms with Crippen LogP contribution in [-0.2, 0) is 24.4 Å². The lowest BCUT2D eigenvalue weighted by atomic mass is 10.1. The van der Waals surface area contributed by atoms with E-state index in [1.54, 1.807) is 48.7 Å². The molecule has 1 fully saturated rings. The summed E-state index contributed by atoms with van der Waals surface area (Å²) >= 11 is 12.8. The predicted octanol–water partition coefficient (Wildman–Crippen LogP) is 9.76. The van der Waals surface area contributed by atoms with Crippen LogP contribution in [0.2, 0.25) is 10.0 Å². The Bertz CT molecular complexity index is 1950. The minimum Gasteiger partial charge on any atom is -0.493 e. The number of pyridine rings is 1. The number of nitrogens with zero attached hydrogens (tertiary/aromatic N) is 3. The summed E-state index contributed by atoms with van der Waals surface area (Å²) in [4.78, 5) is 21.6. The Hall–Kier alpha value is -4.41. The van der Waals surface area contributed by atoms with Crippen LogP contribution in [0.1, 0.15) is 27.8 Å². The molecule has 1 aliphatic heterocycles. The van der Waals surface area contributed by atoms with Crippen molar-refractivity contribution in [3.8, 4) is 23.1 Å². The number of benzene rings is 4. The molecule has 5 aromatic rings. The van der Waals surface area contributed by atoms with E-state index in [0.29, 0.717) is 59.5 Å². The summed E-state index contributed by atoms with van der Waals surface area (Å²) in [5.41, 5.74) is 5.04. The minimum atomic E-state index is -0.274. The molecule has 0 N–H and O–H groups in total. The lowest BCUT2D eigenvalue weighted by Crippen LogP contribution is -2.47. The van der Waals surface area contributed by atoms with Gasteiger partial charge in [0.1, 0.15) is 29.7 Å². The molecule has 0 unspecified atom stereocenters. The van der Waals surface area contributed by atoms with Crippen molar-refractivity contribution in [1.82, 2.24) is 14.8 Å². The Kier molecular flexibility index (Phi) is 14.1. The van der Waals surface area contributed by atoms with Gasteiger partial charge in [-0.05, 0) is 83.8 Å². The van der Waals surface area contributed by atoms with Crippen molar-refractivity contribution in [3.05, 3.63) is 153 Å². The number of hydrogen-bond acceptors (Lipinski definition) is 6. The van der Waals surface area contributed by atoms with Crippen molar-refractivity contribution in [2.24, 2.45) is 0 Å². The van der Waals surface area contributed by atoms with Crippen LogP contribution >= 0.6 is 40.2 Å². The molecule has 0 aliphatic carbocycles. The van der Waals surface area contributed by atoms with Gasteiger partial charge in [-0.1, -0.05) is 65.7 Å². The van der Waals surface area contributed by atoms with Crippen molar-refractivity contribution >= 4 is 52.2 Å². The molecule has 1 aliphatic rings. The average molecular weight is 808 g/mol. The SMILES string of the molecule is Br.Cc1cc(Oc2ccc(OCc3ccccc3Cl)cn2)c(Cl)cc1/C=C/C(=O)N1CCN(Cc2ccc(CCOc3ccc(F)cc3)cc2)CC1. The molecule has 6 rings (SSSR count). The number of carbonyl (C=O) groups excluding carboxylic acids is 1. The molecule has 7 nitrogen and oxygen atoms in total. The van der Waals surface area contributed by atoms with E-state index in [1.807, 2.05) is 42.2 Å². The highest BCUT2D eigenvalue weighted by atomic mass is 79.9. The number of ether oxygens (including phenoxy) is 3. The monoisotopic (exact) mass is 805 g/mol. The summed E-state index contributed by atoms with van der Waals surface area (Å²) in [6, 6.07) is 29.2. The topological polar surface area (TPSA) is 64.1 Å². The van der Waals surface area contributed by atoms with Crippen LogP contribution in [0.4, 0.5) is 4.39 Å². The molecule has 0 bridgehead atoms. The highest BCUT2D eigenvalue weighted by molar-refractivity contribution is 8.93. The maximum Gasteiger partial charge on any atom is 0.246 e. The average Bonchev–Trinajstić information content (AvgIpc) is 3.14. The van der Waals surface area contributed by atoms with E-state index in [9.17, 15) is 9.18 Å². The number of carbonyl (C=O) groups is 1. The first-order valence-electron chi connectivity index (χ1n) is 16.7. The van der Waals surface area contributed by atoms with Gasteiger partial charge in [0.2, 0.25) is 11.8 Å². The van der Waals surface area contributed by atoms with Gasteiger partial charge in [-0.2, -0.15) is 0 Å². The third-order valence-corrected chi connectivity index (χ3v) is 9.25. The first-order chi connectivity index (χ1) is 24.8. The van der Waals surface area contributed by atoms with E-state index in [4.69, 9.17) is 37.4 Å². The fourth-order valence-electron chi connectivity index (χ4n) is 5.61. The number of aryl methyl sites for hydroxylation is 1. The third kappa shape index (κ3) is 11.0. The standard InChI is InChI=1S/C41H38Cl2FN3O4.BrH/c1-29-24-39(51-40-16-15-36(26-45-40)50-28-33-4-2-3-5-37(33)42)38(43)25-32(29)10-17-41(48)47-21-19-46(20-22-47)27-31-8-6-30(7-9-31)18-23-49-35-13-11-34(44)12-14-35;/h2-17,24-26H,18-23,27-28H2,1H3;1H/b17-10+;. The van der Waals surface area contributed by atoms with Gasteiger partial charge in [0.05, 0.1) is 17.8 Å². The van der Waals surface area contributed by atoms with E-state index >= 15 is 0 Å². The molecule has 270 valence electrons. The number of amides is 1. The van der Waals surface area contributed by atoms with Gasteiger partial charge in [-0.3, -0.25) is 9.69 Å². The second-order valence-electron chi connectivity index (χ2n) is 12.3. The zero-order chi connectivity index (χ0) is 35.6. The molecule has 2 heterocycles. The minimum absolute atomic E-state index is 0. The number of rotatable bonds is 13. The second-order valence-corrected chi connectivity index (χ2v) is 13.1. The van der Waals surface area contributed by atoms with Gasteiger partial charge >= 0.3 is 0 Å². The first kappa shape index (κ1) is 38.8. The largest absolute Gasteiger partial charge is 0.493 e. The Labute approximate surface area is 324 Å². The lowest BCUT2D eigenvalue weighted by molar-refractivity contribution is -0.127. The summed E-state index contributed by atoms with van der Waals surface area (Å²) in [6.07, 6.45) is 5.76. The molecule has 0 spiro atoms. The maximum atomic E-state index is 13.1. The Morgan fingerprint density at radius 3 is 2.27 bits per heavy atom. The number of piperazine rings is 1. The summed E-state index contributed by atoms with van der Waals surface area (Å²) in [7, 11) is 0. The Balaban J connectivity index is 0.00000523. The molecule has 52 heavy (non-hydrogen) atoms. The molecule has 0 atom stereocenters. The molecule has 11 heteroatoms. The Morgan fingerprint density at radius 1 is 0.846 bits per heavy atom. The molecule has 1 saturated heterocycles. The van der Waals surface area contributed by atoms with Crippen LogP contribution < -0.4 is 14.2 Å². The van der Waals surface area contributed by atoms with Crippen LogP contribution in [-0.4, -0.2) is 53.5 Å². The van der Waals surface area contributed by atoms with Gasteiger partial charge in [0.25, 0.3) is 0 Å². The van der Waals surface area contributed by atoms with Crippen LogP contribution in [0.5, 0.6) is 23.1 Å². The van der Waals surface area contributed by atoms with Crippen LogP contribution in [0.15, 0.2) is 109 Å². The van der Waals surface area contributed by atoms with Crippen LogP contribution in [0.3, 0.4) is 0 Å². The Morgan fingerprint density at radius 2 is 1.56 bits per heavy atom. The van der Waals surface area contributed by atoms with Gasteiger partial charge in [-0.15, -0.1) is 17.0 Å². The highest BCUT2D eigenvalue weighted by Gasteiger charge is 2.20. The van der Waals surface area contributed by atoms with Crippen LogP contribution in [0, 0.1) is 12.7 Å². The molecule has 0 radical (unpaired) electrons. The normalized spacial score (nSPS) is 13.1. The summed E-state index contributed by atoms with van der Waals surface area (Å²) < 4.78 is 30.5. The molecule has 0 saturated carbocycles. The van der Waals surface area contributed by atoms with E-state index in [1.165, 1.54) is 23.3 Å². The van der Waals surface area contributed by atoms with Crippen molar-refractivity contribution in [2.45, 2.75) is 26.5 Å². The zero-order valence-electron chi connectivity index (χ0n) is 28.6. The first-order valence-corrected chi connectivity index (χ1v) is 17.5. The number of aromatic nitrogens is 1. The fourth-order valence-corrected chi connectivity index (χ4v) is 6.01. The molecule has 1 amide bonds. The maximum absolute atomic E-state index is 13.1. The molecular formula is C41H39BrCl2FN3O4. The number of hydrogen-bond donors (Lipinski definition) is 0. The highest BCUT2D eigenvalue weighted by Crippen LogP contribution is 2.32.